The topological polar surface area (TPSA) is 99.9 Å². The predicted octanol–water partition coefficient (Wildman–Crippen LogP) is 3.64. The van der Waals surface area contributed by atoms with Crippen LogP contribution in [0.4, 0.5) is 13.2 Å². The highest BCUT2D eigenvalue weighted by molar-refractivity contribution is 5.94. The van der Waals surface area contributed by atoms with E-state index >= 15 is 0 Å². The molecule has 0 saturated carbocycles. The Bertz CT molecular complexity index is 1360. The second-order valence-corrected chi connectivity index (χ2v) is 7.21. The lowest BCUT2D eigenvalue weighted by molar-refractivity contribution is -0.137. The first kappa shape index (κ1) is 23.8. The molecule has 4 aromatic rings. The van der Waals surface area contributed by atoms with E-state index in [0.717, 1.165) is 12.1 Å². The molecule has 0 spiro atoms. The van der Waals surface area contributed by atoms with Crippen molar-refractivity contribution in [2.24, 2.45) is 0 Å². The number of nitrogens with zero attached hydrogens (tertiary/aromatic N) is 4. The Hall–Kier alpha value is -4.35. The molecule has 0 atom stereocenters. The number of nitrogens with one attached hydrogen (secondary N) is 1. The Labute approximate surface area is 197 Å². The fourth-order valence-electron chi connectivity index (χ4n) is 3.26. The Balaban J connectivity index is 1.44. The van der Waals surface area contributed by atoms with Crippen molar-refractivity contribution in [2.45, 2.75) is 6.18 Å². The molecule has 35 heavy (non-hydrogen) atoms. The van der Waals surface area contributed by atoms with Crippen LogP contribution in [0.5, 0.6) is 17.4 Å². The standard InChI is InChI=1S/C23H20F3N5O4/c1-33-16-6-7-18(34-2)17(13-16)21-29-28-19-8-9-20(30-31(19)21)35-11-10-27-22(32)14-4-3-5-15(12-14)23(24,25)26/h3-9,12-13H,10-11H2,1-2H3,(H,27,32). The van der Waals surface area contributed by atoms with Gasteiger partial charge in [-0.1, -0.05) is 6.07 Å². The maximum atomic E-state index is 12.8. The zero-order valence-corrected chi connectivity index (χ0v) is 18.7. The van der Waals surface area contributed by atoms with Gasteiger partial charge in [0, 0.05) is 11.6 Å². The maximum absolute atomic E-state index is 12.8. The van der Waals surface area contributed by atoms with Gasteiger partial charge in [-0.05, 0) is 42.5 Å². The number of hydrogen-bond acceptors (Lipinski definition) is 7. The molecule has 0 radical (unpaired) electrons. The summed E-state index contributed by atoms with van der Waals surface area (Å²) in [6.07, 6.45) is -4.53. The number of fused-ring (bicyclic) bond motifs is 1. The number of aromatic nitrogens is 4. The van der Waals surface area contributed by atoms with Crippen LogP contribution in [0.2, 0.25) is 0 Å². The van der Waals surface area contributed by atoms with Gasteiger partial charge in [0.05, 0.1) is 31.9 Å². The number of methoxy groups -OCH3 is 2. The van der Waals surface area contributed by atoms with Crippen molar-refractivity contribution in [2.75, 3.05) is 27.4 Å². The van der Waals surface area contributed by atoms with Crippen molar-refractivity contribution in [3.8, 4) is 28.8 Å². The summed E-state index contributed by atoms with van der Waals surface area (Å²) >= 11 is 0. The number of benzene rings is 2. The van der Waals surface area contributed by atoms with Gasteiger partial charge >= 0.3 is 6.18 Å². The van der Waals surface area contributed by atoms with Crippen LogP contribution in [-0.2, 0) is 6.18 Å². The third-order valence-electron chi connectivity index (χ3n) is 4.98. The smallest absolute Gasteiger partial charge is 0.416 e. The molecule has 12 heteroatoms. The second-order valence-electron chi connectivity index (χ2n) is 7.21. The molecule has 0 aliphatic heterocycles. The van der Waals surface area contributed by atoms with Crippen LogP contribution in [0.1, 0.15) is 15.9 Å². The van der Waals surface area contributed by atoms with Gasteiger partial charge in [-0.25, -0.2) is 0 Å². The van der Waals surface area contributed by atoms with Crippen LogP contribution >= 0.6 is 0 Å². The van der Waals surface area contributed by atoms with E-state index < -0.39 is 17.6 Å². The number of halogens is 3. The Kier molecular flexibility index (Phi) is 6.71. The first-order valence-electron chi connectivity index (χ1n) is 10.3. The summed E-state index contributed by atoms with van der Waals surface area (Å²) in [5.41, 5.74) is 0.0875. The van der Waals surface area contributed by atoms with Gasteiger partial charge in [-0.2, -0.15) is 17.7 Å². The van der Waals surface area contributed by atoms with Gasteiger partial charge in [0.15, 0.2) is 11.5 Å². The molecule has 4 rings (SSSR count). The summed E-state index contributed by atoms with van der Waals surface area (Å²) in [5, 5.41) is 15.2. The summed E-state index contributed by atoms with van der Waals surface area (Å²) in [6.45, 7) is 0.0800. The third-order valence-corrected chi connectivity index (χ3v) is 4.98. The second kappa shape index (κ2) is 9.87. The van der Waals surface area contributed by atoms with Gasteiger partial charge in [0.2, 0.25) is 5.88 Å². The first-order chi connectivity index (χ1) is 16.8. The van der Waals surface area contributed by atoms with E-state index in [4.69, 9.17) is 14.2 Å². The minimum Gasteiger partial charge on any atom is -0.497 e. The SMILES string of the molecule is COc1ccc(OC)c(-c2nnc3ccc(OCCNC(=O)c4cccc(C(F)(F)F)c4)nn23)c1. The lowest BCUT2D eigenvalue weighted by Crippen LogP contribution is -2.28. The summed E-state index contributed by atoms with van der Waals surface area (Å²) in [4.78, 5) is 12.2. The predicted molar refractivity (Wildman–Crippen MR) is 119 cm³/mol. The molecule has 9 nitrogen and oxygen atoms in total. The van der Waals surface area contributed by atoms with Crippen LogP contribution < -0.4 is 19.5 Å². The Morgan fingerprint density at radius 1 is 1.03 bits per heavy atom. The molecule has 2 heterocycles. The molecule has 0 fully saturated rings. The van der Waals surface area contributed by atoms with E-state index in [1.807, 2.05) is 0 Å². The highest BCUT2D eigenvalue weighted by Crippen LogP contribution is 2.32. The highest BCUT2D eigenvalue weighted by atomic mass is 19.4. The lowest BCUT2D eigenvalue weighted by atomic mass is 10.1. The molecule has 182 valence electrons. The minimum atomic E-state index is -4.53. The molecule has 0 unspecified atom stereocenters. The third kappa shape index (κ3) is 5.26. The molecule has 2 aromatic heterocycles. The molecule has 0 aliphatic rings. The van der Waals surface area contributed by atoms with E-state index in [1.54, 1.807) is 37.4 Å². The fraction of sp³-hybridized carbons (Fsp3) is 0.217. The molecule has 2 aromatic carbocycles. The van der Waals surface area contributed by atoms with Crippen molar-refractivity contribution >= 4 is 11.6 Å². The summed E-state index contributed by atoms with van der Waals surface area (Å²) in [5.74, 6) is 1.13. The number of alkyl halides is 3. The average Bonchev–Trinajstić information content (AvgIpc) is 3.28. The zero-order valence-electron chi connectivity index (χ0n) is 18.7. The van der Waals surface area contributed by atoms with Crippen molar-refractivity contribution in [1.29, 1.82) is 0 Å². The van der Waals surface area contributed by atoms with E-state index in [-0.39, 0.29) is 24.6 Å². The quantitative estimate of drug-likeness (QED) is 0.379. The largest absolute Gasteiger partial charge is 0.497 e. The van der Waals surface area contributed by atoms with Crippen molar-refractivity contribution < 1.29 is 32.2 Å². The number of carbonyl (C=O) groups excluding carboxylic acids is 1. The van der Waals surface area contributed by atoms with Gasteiger partial charge in [-0.3, -0.25) is 4.79 Å². The molecule has 1 amide bonds. The molecule has 0 aliphatic carbocycles. The number of amides is 1. The number of rotatable bonds is 8. The van der Waals surface area contributed by atoms with Crippen LogP contribution in [-0.4, -0.2) is 53.1 Å². The summed E-state index contributed by atoms with van der Waals surface area (Å²) in [7, 11) is 3.08. The summed E-state index contributed by atoms with van der Waals surface area (Å²) in [6, 6.07) is 12.7. The lowest BCUT2D eigenvalue weighted by Gasteiger charge is -2.10. The van der Waals surface area contributed by atoms with Gasteiger partial charge in [-0.15, -0.1) is 15.3 Å². The number of ether oxygens (including phenoxy) is 3. The van der Waals surface area contributed by atoms with E-state index in [2.05, 4.69) is 20.6 Å². The van der Waals surface area contributed by atoms with Crippen molar-refractivity contribution in [1.82, 2.24) is 25.1 Å². The van der Waals surface area contributed by atoms with Gasteiger partial charge < -0.3 is 19.5 Å². The van der Waals surface area contributed by atoms with E-state index in [9.17, 15) is 18.0 Å². The normalized spacial score (nSPS) is 11.3. The van der Waals surface area contributed by atoms with E-state index in [1.165, 1.54) is 23.8 Å². The zero-order chi connectivity index (χ0) is 25.0. The minimum absolute atomic E-state index is 0.0309. The molecular formula is C23H20F3N5O4. The number of carbonyl (C=O) groups is 1. The molecule has 1 N–H and O–H groups in total. The molecular weight excluding hydrogens is 467 g/mol. The average molecular weight is 487 g/mol. The van der Waals surface area contributed by atoms with E-state index in [0.29, 0.717) is 28.5 Å². The molecule has 0 saturated heterocycles. The number of hydrogen-bond donors (Lipinski definition) is 1. The maximum Gasteiger partial charge on any atom is 0.416 e. The first-order valence-corrected chi connectivity index (χ1v) is 10.3. The monoisotopic (exact) mass is 487 g/mol. The van der Waals surface area contributed by atoms with Crippen molar-refractivity contribution in [3.05, 3.63) is 65.7 Å². The van der Waals surface area contributed by atoms with Crippen molar-refractivity contribution in [3.63, 3.8) is 0 Å². The van der Waals surface area contributed by atoms with Gasteiger partial charge in [0.1, 0.15) is 18.1 Å². The Morgan fingerprint density at radius 2 is 1.86 bits per heavy atom. The molecule has 0 bridgehead atoms. The highest BCUT2D eigenvalue weighted by Gasteiger charge is 2.30. The Morgan fingerprint density at radius 3 is 2.60 bits per heavy atom. The van der Waals surface area contributed by atoms with Crippen LogP contribution in [0.15, 0.2) is 54.6 Å². The fourth-order valence-corrected chi connectivity index (χ4v) is 3.26. The van der Waals surface area contributed by atoms with Crippen LogP contribution in [0, 0.1) is 0 Å². The summed E-state index contributed by atoms with van der Waals surface area (Å²) < 4.78 is 56.3. The van der Waals surface area contributed by atoms with Crippen LogP contribution in [0.3, 0.4) is 0 Å². The van der Waals surface area contributed by atoms with Gasteiger partial charge in [0.25, 0.3) is 5.91 Å². The van der Waals surface area contributed by atoms with Crippen LogP contribution in [0.25, 0.3) is 17.0 Å².